The van der Waals surface area contributed by atoms with E-state index in [-0.39, 0.29) is 18.4 Å². The number of aromatic nitrogens is 2. The van der Waals surface area contributed by atoms with Gasteiger partial charge in [0.25, 0.3) is 5.91 Å². The zero-order valence-corrected chi connectivity index (χ0v) is 14.8. The number of esters is 1. The molecule has 0 bridgehead atoms. The van der Waals surface area contributed by atoms with Gasteiger partial charge in [-0.05, 0) is 26.7 Å². The molecule has 1 fully saturated rings. The first kappa shape index (κ1) is 17.2. The van der Waals surface area contributed by atoms with Crippen LogP contribution in [0.4, 0.5) is 0 Å². The van der Waals surface area contributed by atoms with E-state index in [0.717, 1.165) is 29.8 Å². The lowest BCUT2D eigenvalue weighted by Crippen LogP contribution is -2.33. The first-order valence-electron chi connectivity index (χ1n) is 8.49. The van der Waals surface area contributed by atoms with E-state index in [2.05, 4.69) is 10.4 Å². The van der Waals surface area contributed by atoms with Crippen LogP contribution in [0.15, 0.2) is 30.3 Å². The number of hydrogen-bond acceptors (Lipinski definition) is 4. The van der Waals surface area contributed by atoms with Gasteiger partial charge in [-0.25, -0.2) is 0 Å². The van der Waals surface area contributed by atoms with E-state index >= 15 is 0 Å². The van der Waals surface area contributed by atoms with Gasteiger partial charge in [-0.3, -0.25) is 14.3 Å². The maximum atomic E-state index is 12.5. The van der Waals surface area contributed by atoms with E-state index in [1.807, 2.05) is 39.1 Å². The predicted octanol–water partition coefficient (Wildman–Crippen LogP) is 2.14. The minimum absolute atomic E-state index is 0.103. The molecule has 1 unspecified atom stereocenters. The quantitative estimate of drug-likeness (QED) is 0.817. The van der Waals surface area contributed by atoms with Crippen molar-refractivity contribution in [1.82, 2.24) is 15.1 Å². The molecule has 2 aromatic rings. The standard InChI is InChI=1S/C19H23N3O3/c1-12-16(13(2)22(3)21-12)11-17(23)25-18(14-7-5-4-6-8-14)19(24)20-15-9-10-15/h4-8,15,18H,9-11H2,1-3H3,(H,20,24). The van der Waals surface area contributed by atoms with Gasteiger partial charge >= 0.3 is 5.97 Å². The molecule has 0 aliphatic heterocycles. The summed E-state index contributed by atoms with van der Waals surface area (Å²) in [6.07, 6.45) is 1.14. The Hall–Kier alpha value is -2.63. The molecule has 132 valence electrons. The van der Waals surface area contributed by atoms with Crippen LogP contribution < -0.4 is 5.32 Å². The zero-order valence-electron chi connectivity index (χ0n) is 14.8. The van der Waals surface area contributed by atoms with Crippen LogP contribution in [-0.2, 0) is 27.8 Å². The SMILES string of the molecule is Cc1nn(C)c(C)c1CC(=O)OC(C(=O)NC1CC1)c1ccccc1. The van der Waals surface area contributed by atoms with Gasteiger partial charge in [-0.1, -0.05) is 30.3 Å². The molecule has 6 nitrogen and oxygen atoms in total. The number of benzene rings is 1. The van der Waals surface area contributed by atoms with Crippen LogP contribution in [0, 0.1) is 13.8 Å². The summed E-state index contributed by atoms with van der Waals surface area (Å²) in [4.78, 5) is 25.0. The monoisotopic (exact) mass is 341 g/mol. The normalized spacial score (nSPS) is 14.8. The molecule has 1 heterocycles. The van der Waals surface area contributed by atoms with E-state index < -0.39 is 12.1 Å². The highest BCUT2D eigenvalue weighted by Crippen LogP contribution is 2.24. The van der Waals surface area contributed by atoms with Gasteiger partial charge in [0.1, 0.15) is 0 Å². The second-order valence-electron chi connectivity index (χ2n) is 6.51. The number of hydrogen-bond donors (Lipinski definition) is 1. The van der Waals surface area contributed by atoms with Crippen molar-refractivity contribution in [3.63, 3.8) is 0 Å². The average Bonchev–Trinajstić information content (AvgIpc) is 3.37. The lowest BCUT2D eigenvalue weighted by molar-refractivity contribution is -0.156. The molecule has 6 heteroatoms. The van der Waals surface area contributed by atoms with Crippen LogP contribution in [0.5, 0.6) is 0 Å². The van der Waals surface area contributed by atoms with Crippen molar-refractivity contribution >= 4 is 11.9 Å². The summed E-state index contributed by atoms with van der Waals surface area (Å²) in [5, 5.41) is 7.23. The molecule has 3 rings (SSSR count). The number of nitrogens with zero attached hydrogens (tertiary/aromatic N) is 2. The second kappa shape index (κ2) is 7.09. The molecule has 0 radical (unpaired) electrons. The van der Waals surface area contributed by atoms with Crippen molar-refractivity contribution < 1.29 is 14.3 Å². The number of rotatable bonds is 6. The number of amides is 1. The molecule has 0 spiro atoms. The lowest BCUT2D eigenvalue weighted by atomic mass is 10.1. The van der Waals surface area contributed by atoms with Crippen LogP contribution >= 0.6 is 0 Å². The molecule has 1 aromatic carbocycles. The van der Waals surface area contributed by atoms with E-state index in [4.69, 9.17) is 4.74 Å². The highest BCUT2D eigenvalue weighted by Gasteiger charge is 2.31. The first-order valence-corrected chi connectivity index (χ1v) is 8.49. The van der Waals surface area contributed by atoms with Crippen molar-refractivity contribution in [2.45, 2.75) is 45.3 Å². The maximum Gasteiger partial charge on any atom is 0.311 e. The zero-order chi connectivity index (χ0) is 18.0. The van der Waals surface area contributed by atoms with Gasteiger partial charge < -0.3 is 10.1 Å². The van der Waals surface area contributed by atoms with E-state index in [9.17, 15) is 9.59 Å². The van der Waals surface area contributed by atoms with Gasteiger partial charge in [0.15, 0.2) is 0 Å². The minimum atomic E-state index is -0.924. The largest absolute Gasteiger partial charge is 0.447 e. The fourth-order valence-electron chi connectivity index (χ4n) is 2.80. The van der Waals surface area contributed by atoms with E-state index in [1.165, 1.54) is 0 Å². The summed E-state index contributed by atoms with van der Waals surface area (Å²) in [7, 11) is 1.84. The third-order valence-electron chi connectivity index (χ3n) is 4.49. The fraction of sp³-hybridized carbons (Fsp3) is 0.421. The van der Waals surface area contributed by atoms with Crippen molar-refractivity contribution in [1.29, 1.82) is 0 Å². The number of nitrogens with one attached hydrogen (secondary N) is 1. The Kier molecular flexibility index (Phi) is 4.88. The molecule has 1 aromatic heterocycles. The number of ether oxygens (including phenoxy) is 1. The van der Waals surface area contributed by atoms with Gasteiger partial charge in [0.2, 0.25) is 6.10 Å². The summed E-state index contributed by atoms with van der Waals surface area (Å²) < 4.78 is 7.30. The average molecular weight is 341 g/mol. The molecule has 1 amide bonds. The Morgan fingerprint density at radius 2 is 1.96 bits per heavy atom. The molecule has 0 saturated heterocycles. The Morgan fingerprint density at radius 1 is 1.28 bits per heavy atom. The van der Waals surface area contributed by atoms with Crippen molar-refractivity contribution in [2.75, 3.05) is 0 Å². The summed E-state index contributed by atoms with van der Waals surface area (Å²) in [5.41, 5.74) is 3.25. The third kappa shape index (κ3) is 4.07. The summed E-state index contributed by atoms with van der Waals surface area (Å²) in [5.74, 6) is -0.694. The number of carbonyl (C=O) groups is 2. The second-order valence-corrected chi connectivity index (χ2v) is 6.51. The van der Waals surface area contributed by atoms with Crippen LogP contribution in [0.2, 0.25) is 0 Å². The first-order chi connectivity index (χ1) is 12.0. The maximum absolute atomic E-state index is 12.5. The fourth-order valence-corrected chi connectivity index (χ4v) is 2.80. The number of aryl methyl sites for hydroxylation is 2. The summed E-state index contributed by atoms with van der Waals surface area (Å²) in [6, 6.07) is 9.33. The molecule has 1 aliphatic rings. The van der Waals surface area contributed by atoms with Gasteiger partial charge in [0, 0.05) is 29.9 Å². The van der Waals surface area contributed by atoms with Crippen molar-refractivity contribution in [3.8, 4) is 0 Å². The number of carbonyl (C=O) groups excluding carboxylic acids is 2. The molecular formula is C19H23N3O3. The van der Waals surface area contributed by atoms with Gasteiger partial charge in [-0.15, -0.1) is 0 Å². The van der Waals surface area contributed by atoms with Crippen LogP contribution in [0.1, 0.15) is 41.5 Å². The van der Waals surface area contributed by atoms with E-state index in [1.54, 1.807) is 16.8 Å². The van der Waals surface area contributed by atoms with Gasteiger partial charge in [0.05, 0.1) is 12.1 Å². The molecule has 1 aliphatic carbocycles. The molecule has 1 saturated carbocycles. The third-order valence-corrected chi connectivity index (χ3v) is 4.49. The van der Waals surface area contributed by atoms with Crippen molar-refractivity contribution in [3.05, 3.63) is 52.8 Å². The Labute approximate surface area is 147 Å². The van der Waals surface area contributed by atoms with Crippen LogP contribution in [0.25, 0.3) is 0 Å². The Bertz CT molecular complexity index is 779. The highest BCUT2D eigenvalue weighted by molar-refractivity contribution is 5.86. The van der Waals surface area contributed by atoms with Crippen molar-refractivity contribution in [2.24, 2.45) is 7.05 Å². The molecule has 1 atom stereocenters. The van der Waals surface area contributed by atoms with E-state index in [0.29, 0.717) is 5.56 Å². The minimum Gasteiger partial charge on any atom is -0.447 e. The lowest BCUT2D eigenvalue weighted by Gasteiger charge is -2.18. The summed E-state index contributed by atoms with van der Waals surface area (Å²) in [6.45, 7) is 3.78. The summed E-state index contributed by atoms with van der Waals surface area (Å²) >= 11 is 0. The molecular weight excluding hydrogens is 318 g/mol. The van der Waals surface area contributed by atoms with Crippen LogP contribution in [0.3, 0.4) is 0 Å². The highest BCUT2D eigenvalue weighted by atomic mass is 16.5. The predicted molar refractivity (Wildman–Crippen MR) is 92.8 cm³/mol. The smallest absolute Gasteiger partial charge is 0.311 e. The van der Waals surface area contributed by atoms with Crippen LogP contribution in [-0.4, -0.2) is 27.7 Å². The Balaban J connectivity index is 1.74. The molecule has 25 heavy (non-hydrogen) atoms. The topological polar surface area (TPSA) is 73.2 Å². The Morgan fingerprint density at radius 3 is 2.52 bits per heavy atom. The van der Waals surface area contributed by atoms with Gasteiger partial charge in [-0.2, -0.15) is 5.10 Å². The molecule has 1 N–H and O–H groups in total.